The van der Waals surface area contributed by atoms with Gasteiger partial charge in [-0.15, -0.1) is 0 Å². The van der Waals surface area contributed by atoms with Crippen LogP contribution in [0.15, 0.2) is 24.3 Å². The highest BCUT2D eigenvalue weighted by Crippen LogP contribution is 2.34. The molecule has 1 aromatic rings. The van der Waals surface area contributed by atoms with Crippen molar-refractivity contribution in [1.82, 2.24) is 0 Å². The predicted molar refractivity (Wildman–Crippen MR) is 91.6 cm³/mol. The van der Waals surface area contributed by atoms with Gasteiger partial charge < -0.3 is 14.6 Å². The van der Waals surface area contributed by atoms with E-state index in [-0.39, 0.29) is 12.0 Å². The van der Waals surface area contributed by atoms with E-state index in [4.69, 9.17) is 14.6 Å². The fourth-order valence-electron chi connectivity index (χ4n) is 2.47. The van der Waals surface area contributed by atoms with Crippen molar-refractivity contribution in [2.45, 2.75) is 52.4 Å². The van der Waals surface area contributed by atoms with Gasteiger partial charge in [0.25, 0.3) is 0 Å². The molecule has 1 rings (SSSR count). The zero-order chi connectivity index (χ0) is 16.4. The highest BCUT2D eigenvalue weighted by atomic mass is 16.6. The monoisotopic (exact) mass is 314 g/mol. The molecule has 0 aromatic heterocycles. The van der Waals surface area contributed by atoms with E-state index in [0.29, 0.717) is 19.8 Å². The Labute approximate surface area is 135 Å². The summed E-state index contributed by atoms with van der Waals surface area (Å²) in [5.41, 5.74) is 1.63. The van der Waals surface area contributed by atoms with Crippen LogP contribution >= 0.6 is 0 Å². The van der Waals surface area contributed by atoms with E-state index in [2.05, 4.69) is 39.8 Å². The van der Waals surface area contributed by atoms with Crippen LogP contribution in [-0.2, 0) is 10.2 Å². The molecule has 0 bridgehead atoms. The lowest BCUT2D eigenvalue weighted by Crippen LogP contribution is -2.21. The quantitative estimate of drug-likeness (QED) is 0.623. The minimum absolute atomic E-state index is 0.0562. The molecule has 0 aliphatic carbocycles. The van der Waals surface area contributed by atoms with Crippen LogP contribution in [0, 0.1) is 5.92 Å². The molecule has 1 aromatic carbocycles. The third-order valence-electron chi connectivity index (χ3n) is 4.34. The topological polar surface area (TPSA) is 38.7 Å². The van der Waals surface area contributed by atoms with Crippen LogP contribution in [0.3, 0.4) is 0 Å². The van der Waals surface area contributed by atoms with Crippen LogP contribution in [0.4, 0.5) is 0 Å². The Morgan fingerprint density at radius 1 is 1.09 bits per heavy atom. The third-order valence-corrected chi connectivity index (χ3v) is 4.34. The minimum atomic E-state index is 0.0562. The molecule has 0 saturated carbocycles. The number of hydrogen-bond acceptors (Lipinski definition) is 3. The molecular weight excluding hydrogens is 282 g/mol. The normalized spacial score (nSPS) is 14.1. The summed E-state index contributed by atoms with van der Waals surface area (Å²) in [6, 6.07) is 8.47. The van der Waals surface area contributed by atoms with E-state index in [1.54, 1.807) is 0 Å². The average molecular weight is 314 g/mol. The van der Waals surface area contributed by atoms with E-state index in [0.717, 1.165) is 18.1 Å². The van der Waals surface area contributed by atoms with Crippen molar-refractivity contribution < 1.29 is 14.6 Å². The van der Waals surface area contributed by atoms with Crippen molar-refractivity contribution in [3.63, 3.8) is 0 Å². The van der Waals surface area contributed by atoms with Gasteiger partial charge in [0.1, 0.15) is 12.4 Å². The number of aliphatic hydroxyl groups excluding tert-OH is 1. The lowest BCUT2D eigenvalue weighted by molar-refractivity contribution is 0.0705. The number of ether oxygens (including phenoxy) is 2. The Bertz CT molecular complexity index is 400. The Kier molecular flexibility index (Phi) is 8.51. The summed E-state index contributed by atoms with van der Waals surface area (Å²) in [4.78, 5) is 0. The van der Waals surface area contributed by atoms with Gasteiger partial charge in [0.15, 0.2) is 0 Å². The summed E-state index contributed by atoms with van der Waals surface area (Å²) in [6.07, 6.45) is 3.62. The zero-order valence-electron chi connectivity index (χ0n) is 14.6. The lowest BCUT2D eigenvalue weighted by atomic mass is 9.86. The summed E-state index contributed by atoms with van der Waals surface area (Å²) >= 11 is 0. The molecule has 0 spiro atoms. The maximum absolute atomic E-state index is 8.62. The smallest absolute Gasteiger partial charge is 0.119 e. The molecule has 0 aliphatic rings. The molecule has 1 atom stereocenters. The van der Waals surface area contributed by atoms with Gasteiger partial charge in [-0.05, 0) is 41.9 Å². The van der Waals surface area contributed by atoms with E-state index in [9.17, 15) is 0 Å². The number of benzene rings is 1. The van der Waals surface area contributed by atoms with E-state index >= 15 is 0 Å². The second-order valence-electron chi connectivity index (χ2n) is 6.56. The Hall–Kier alpha value is -1.06. The first kappa shape index (κ1) is 19.0. The van der Waals surface area contributed by atoms with Crippen molar-refractivity contribution in [3.05, 3.63) is 29.8 Å². The maximum atomic E-state index is 8.62. The maximum Gasteiger partial charge on any atom is 0.119 e. The van der Waals surface area contributed by atoms with Gasteiger partial charge in [-0.1, -0.05) is 46.2 Å². The van der Waals surface area contributed by atoms with Gasteiger partial charge in [0, 0.05) is 0 Å². The van der Waals surface area contributed by atoms with E-state index in [1.807, 2.05) is 12.1 Å². The van der Waals surface area contributed by atoms with Crippen molar-refractivity contribution >= 4 is 0 Å². The summed E-state index contributed by atoms with van der Waals surface area (Å²) in [5.74, 6) is 1.62. The highest BCUT2D eigenvalue weighted by molar-refractivity contribution is 5.32. The minimum Gasteiger partial charge on any atom is -0.491 e. The molecule has 0 saturated heterocycles. The van der Waals surface area contributed by atoms with Crippen LogP contribution in [0.25, 0.3) is 0 Å². The number of hydrogen-bond donors (Lipinski definition) is 1. The molecule has 1 unspecified atom stereocenters. The third kappa shape index (κ3) is 6.37. The Balaban J connectivity index is 2.54. The largest absolute Gasteiger partial charge is 0.491 e. The SMILES string of the molecule is CCC(C)(CCC(C)C)[13c]1[13cH][13cH][13c](OCCOCCO)[13cH][13cH]1. The van der Waals surface area contributed by atoms with Crippen molar-refractivity contribution in [3.8, 4) is 5.75 Å². The number of rotatable bonds is 11. The second-order valence-corrected chi connectivity index (χ2v) is 6.56. The van der Waals surface area contributed by atoms with Crippen LogP contribution in [0.5, 0.6) is 5.75 Å². The fraction of sp³-hybridized carbons (Fsp3) is 0.684. The molecule has 3 nitrogen and oxygen atoms in total. The van der Waals surface area contributed by atoms with E-state index < -0.39 is 0 Å². The molecule has 0 amide bonds. The van der Waals surface area contributed by atoms with Crippen molar-refractivity contribution in [1.29, 1.82) is 0 Å². The van der Waals surface area contributed by atoms with Gasteiger partial charge in [-0.3, -0.25) is 0 Å². The molecule has 0 radical (unpaired) electrons. The van der Waals surface area contributed by atoms with Crippen LogP contribution in [-0.4, -0.2) is 31.5 Å². The Morgan fingerprint density at radius 3 is 2.32 bits per heavy atom. The van der Waals surface area contributed by atoms with Crippen LogP contribution in [0.1, 0.15) is 52.5 Å². The first-order valence-electron chi connectivity index (χ1n) is 8.43. The summed E-state index contributed by atoms with van der Waals surface area (Å²) in [6.45, 7) is 10.6. The molecule has 0 fully saturated rings. The van der Waals surface area contributed by atoms with Crippen LogP contribution in [0.2, 0.25) is 0 Å². The molecule has 0 heterocycles. The van der Waals surface area contributed by atoms with Gasteiger partial charge in [-0.2, -0.15) is 0 Å². The molecular formula is C19H32O3. The Morgan fingerprint density at radius 2 is 1.77 bits per heavy atom. The van der Waals surface area contributed by atoms with Crippen molar-refractivity contribution in [2.75, 3.05) is 26.4 Å². The van der Waals surface area contributed by atoms with E-state index in [1.165, 1.54) is 18.4 Å². The van der Waals surface area contributed by atoms with Gasteiger partial charge in [0.2, 0.25) is 0 Å². The van der Waals surface area contributed by atoms with Gasteiger partial charge in [0.05, 0.1) is 19.8 Å². The number of aliphatic hydroxyl groups is 1. The molecule has 126 valence electrons. The second kappa shape index (κ2) is 9.86. The molecule has 22 heavy (non-hydrogen) atoms. The van der Waals surface area contributed by atoms with Crippen molar-refractivity contribution in [2.24, 2.45) is 5.92 Å². The first-order chi connectivity index (χ1) is 10.5. The average Bonchev–Trinajstić information content (AvgIpc) is 2.53. The summed E-state index contributed by atoms with van der Waals surface area (Å²) in [5, 5.41) is 8.62. The molecule has 3 heteroatoms. The summed E-state index contributed by atoms with van der Waals surface area (Å²) < 4.78 is 10.8. The van der Waals surface area contributed by atoms with Crippen LogP contribution < -0.4 is 4.74 Å². The van der Waals surface area contributed by atoms with Gasteiger partial charge in [-0.25, -0.2) is 0 Å². The summed E-state index contributed by atoms with van der Waals surface area (Å²) in [7, 11) is 0. The first-order valence-corrected chi connectivity index (χ1v) is 8.43. The molecule has 0 aliphatic heterocycles. The standard InChI is InChI=1S/C19H32O3/c1-5-19(4,11-10-16(2)3)17-6-8-18(9-7-17)22-15-14-21-13-12-20/h6-9,16,20H,5,10-15H2,1-4H3/i6+1,7+1,8+1,9+1,17+1,18+1. The fourth-order valence-corrected chi connectivity index (χ4v) is 2.47. The molecule has 1 N–H and O–H groups in total. The van der Waals surface area contributed by atoms with Gasteiger partial charge >= 0.3 is 0 Å². The zero-order valence-corrected chi connectivity index (χ0v) is 14.6. The predicted octanol–water partition coefficient (Wildman–Crippen LogP) is 4.18. The lowest BCUT2D eigenvalue weighted by Gasteiger charge is -2.30. The highest BCUT2D eigenvalue weighted by Gasteiger charge is 2.24.